The van der Waals surface area contributed by atoms with E-state index in [0.29, 0.717) is 0 Å². The Kier molecular flexibility index (Phi) is 3.51. The van der Waals surface area contributed by atoms with Crippen LogP contribution >= 0.6 is 0 Å². The number of hydrogen-bond donors (Lipinski definition) is 1. The molecule has 0 aliphatic heterocycles. The molecule has 1 amide bonds. The molecule has 3 nitrogen and oxygen atoms in total. The third-order valence-corrected chi connectivity index (χ3v) is 4.25. The summed E-state index contributed by atoms with van der Waals surface area (Å²) in [5.74, 6) is 0.125. The van der Waals surface area contributed by atoms with Gasteiger partial charge >= 0.3 is 0 Å². The smallest absolute Gasteiger partial charge is 0.253 e. The number of hydrogen-bond acceptors (Lipinski definition) is 1. The van der Waals surface area contributed by atoms with Crippen LogP contribution in [-0.4, -0.2) is 29.4 Å². The van der Waals surface area contributed by atoms with E-state index in [1.165, 1.54) is 35.0 Å². The second-order valence-electron chi connectivity index (χ2n) is 5.78. The van der Waals surface area contributed by atoms with E-state index in [1.54, 1.807) is 4.90 Å². The molecule has 0 unspecified atom stereocenters. The summed E-state index contributed by atoms with van der Waals surface area (Å²) in [6, 6.07) is 6.07. The van der Waals surface area contributed by atoms with Crippen molar-refractivity contribution in [3.8, 4) is 0 Å². The van der Waals surface area contributed by atoms with Gasteiger partial charge in [0.1, 0.15) is 0 Å². The second-order valence-corrected chi connectivity index (χ2v) is 5.78. The Morgan fingerprint density at radius 2 is 2.10 bits per heavy atom. The quantitative estimate of drug-likeness (QED) is 0.910. The van der Waals surface area contributed by atoms with Crippen LogP contribution in [0.15, 0.2) is 18.2 Å². The summed E-state index contributed by atoms with van der Waals surface area (Å²) in [4.78, 5) is 17.7. The van der Waals surface area contributed by atoms with Crippen molar-refractivity contribution in [1.29, 1.82) is 0 Å². The maximum atomic E-state index is 12.4. The lowest BCUT2D eigenvalue weighted by Gasteiger charge is -2.16. The lowest BCUT2D eigenvalue weighted by atomic mass is 9.95. The number of H-pyrrole nitrogens is 1. The summed E-state index contributed by atoms with van der Waals surface area (Å²) in [7, 11) is 1.88. The van der Waals surface area contributed by atoms with Gasteiger partial charge in [-0.25, -0.2) is 0 Å². The molecule has 1 N–H and O–H groups in total. The summed E-state index contributed by atoms with van der Waals surface area (Å²) in [6.07, 6.45) is 5.80. The minimum atomic E-state index is 0.125. The minimum Gasteiger partial charge on any atom is -0.358 e. The Balaban J connectivity index is 1.99. The van der Waals surface area contributed by atoms with Gasteiger partial charge in [-0.2, -0.15) is 0 Å². The first-order valence-corrected chi connectivity index (χ1v) is 7.59. The van der Waals surface area contributed by atoms with Gasteiger partial charge in [0, 0.05) is 35.8 Å². The Bertz CT molecular complexity index is 642. The summed E-state index contributed by atoms with van der Waals surface area (Å²) >= 11 is 0. The predicted molar refractivity (Wildman–Crippen MR) is 82.2 cm³/mol. The SMILES string of the molecule is CCCN(C)C(=O)c1ccc2[nH]c3c(c2c1)CCCC3. The van der Waals surface area contributed by atoms with E-state index in [0.717, 1.165) is 31.4 Å². The molecule has 2 aromatic rings. The van der Waals surface area contributed by atoms with Crippen molar-refractivity contribution in [2.45, 2.75) is 39.0 Å². The Hall–Kier alpha value is -1.77. The summed E-state index contributed by atoms with van der Waals surface area (Å²) in [6.45, 7) is 2.90. The molecule has 0 spiro atoms. The predicted octanol–water partition coefficient (Wildman–Crippen LogP) is 3.53. The van der Waals surface area contributed by atoms with Crippen molar-refractivity contribution in [2.75, 3.05) is 13.6 Å². The standard InChI is InChI=1S/C17H22N2O/c1-3-10-19(2)17(20)12-8-9-16-14(11-12)13-6-4-5-7-15(13)18-16/h8-9,11,18H,3-7,10H2,1-2H3. The van der Waals surface area contributed by atoms with E-state index in [4.69, 9.17) is 0 Å². The highest BCUT2D eigenvalue weighted by atomic mass is 16.2. The number of aromatic nitrogens is 1. The van der Waals surface area contributed by atoms with Gasteiger partial charge in [-0.3, -0.25) is 4.79 Å². The zero-order chi connectivity index (χ0) is 14.1. The lowest BCUT2D eigenvalue weighted by Crippen LogP contribution is -2.27. The van der Waals surface area contributed by atoms with Crippen LogP contribution in [0, 0.1) is 0 Å². The van der Waals surface area contributed by atoms with Crippen LogP contribution in [0.3, 0.4) is 0 Å². The van der Waals surface area contributed by atoms with Crippen molar-refractivity contribution in [3.05, 3.63) is 35.0 Å². The van der Waals surface area contributed by atoms with E-state index < -0.39 is 0 Å². The highest BCUT2D eigenvalue weighted by Gasteiger charge is 2.17. The first kappa shape index (κ1) is 13.2. The average molecular weight is 270 g/mol. The largest absolute Gasteiger partial charge is 0.358 e. The third kappa shape index (κ3) is 2.21. The van der Waals surface area contributed by atoms with Gasteiger partial charge in [-0.1, -0.05) is 6.92 Å². The normalized spacial score (nSPS) is 14.3. The highest BCUT2D eigenvalue weighted by Crippen LogP contribution is 2.29. The van der Waals surface area contributed by atoms with E-state index in [1.807, 2.05) is 13.1 Å². The molecule has 1 aliphatic carbocycles. The fourth-order valence-electron chi connectivity index (χ4n) is 3.20. The van der Waals surface area contributed by atoms with Crippen LogP contribution in [0.25, 0.3) is 10.9 Å². The summed E-state index contributed by atoms with van der Waals surface area (Å²) in [5, 5.41) is 1.25. The van der Waals surface area contributed by atoms with E-state index in [9.17, 15) is 4.79 Å². The van der Waals surface area contributed by atoms with Crippen LogP contribution in [0.4, 0.5) is 0 Å². The van der Waals surface area contributed by atoms with Crippen LogP contribution in [0.1, 0.15) is 47.8 Å². The molecule has 1 aliphatic rings. The third-order valence-electron chi connectivity index (χ3n) is 4.25. The number of nitrogens with zero attached hydrogens (tertiary/aromatic N) is 1. The molecule has 1 aromatic carbocycles. The van der Waals surface area contributed by atoms with Crippen LogP contribution in [-0.2, 0) is 12.8 Å². The molecule has 1 heterocycles. The first-order chi connectivity index (χ1) is 9.70. The zero-order valence-corrected chi connectivity index (χ0v) is 12.3. The van der Waals surface area contributed by atoms with Gasteiger partial charge in [0.05, 0.1) is 0 Å². The maximum Gasteiger partial charge on any atom is 0.253 e. The van der Waals surface area contributed by atoms with E-state index in [-0.39, 0.29) is 5.91 Å². The highest BCUT2D eigenvalue weighted by molar-refractivity contribution is 5.99. The molecule has 1 aromatic heterocycles. The fraction of sp³-hybridized carbons (Fsp3) is 0.471. The van der Waals surface area contributed by atoms with Gasteiger partial charge in [0.15, 0.2) is 0 Å². The molecule has 0 saturated heterocycles. The number of benzene rings is 1. The number of amides is 1. The van der Waals surface area contributed by atoms with Crippen molar-refractivity contribution >= 4 is 16.8 Å². The summed E-state index contributed by atoms with van der Waals surface area (Å²) in [5.41, 5.74) is 4.78. The Morgan fingerprint density at radius 1 is 1.30 bits per heavy atom. The monoisotopic (exact) mass is 270 g/mol. The molecule has 0 saturated carbocycles. The van der Waals surface area contributed by atoms with Crippen LogP contribution in [0.5, 0.6) is 0 Å². The molecule has 3 rings (SSSR count). The minimum absolute atomic E-state index is 0.125. The molecular weight excluding hydrogens is 248 g/mol. The number of fused-ring (bicyclic) bond motifs is 3. The van der Waals surface area contributed by atoms with Crippen molar-refractivity contribution in [3.63, 3.8) is 0 Å². The van der Waals surface area contributed by atoms with Gasteiger partial charge in [-0.15, -0.1) is 0 Å². The number of nitrogens with one attached hydrogen (secondary N) is 1. The molecule has 0 fully saturated rings. The van der Waals surface area contributed by atoms with Crippen LogP contribution < -0.4 is 0 Å². The number of carbonyl (C=O) groups excluding carboxylic acids is 1. The molecule has 3 heteroatoms. The zero-order valence-electron chi connectivity index (χ0n) is 12.3. The van der Waals surface area contributed by atoms with Gasteiger partial charge in [0.25, 0.3) is 5.91 Å². The van der Waals surface area contributed by atoms with Crippen molar-refractivity contribution in [1.82, 2.24) is 9.88 Å². The maximum absolute atomic E-state index is 12.4. The topological polar surface area (TPSA) is 36.1 Å². The Morgan fingerprint density at radius 3 is 2.90 bits per heavy atom. The van der Waals surface area contributed by atoms with Gasteiger partial charge in [0.2, 0.25) is 0 Å². The van der Waals surface area contributed by atoms with Gasteiger partial charge < -0.3 is 9.88 Å². The number of aryl methyl sites for hydroxylation is 2. The van der Waals surface area contributed by atoms with Gasteiger partial charge in [-0.05, 0) is 55.9 Å². The molecule has 106 valence electrons. The molecule has 20 heavy (non-hydrogen) atoms. The molecule has 0 atom stereocenters. The van der Waals surface area contributed by atoms with E-state index in [2.05, 4.69) is 24.0 Å². The fourth-order valence-corrected chi connectivity index (χ4v) is 3.20. The van der Waals surface area contributed by atoms with E-state index >= 15 is 0 Å². The van der Waals surface area contributed by atoms with Crippen molar-refractivity contribution in [2.24, 2.45) is 0 Å². The number of aromatic amines is 1. The second kappa shape index (κ2) is 5.31. The molecule has 0 bridgehead atoms. The average Bonchev–Trinajstić information content (AvgIpc) is 2.84. The number of carbonyl (C=O) groups is 1. The number of rotatable bonds is 3. The molecule has 0 radical (unpaired) electrons. The Labute approximate surface area is 120 Å². The summed E-state index contributed by atoms with van der Waals surface area (Å²) < 4.78 is 0. The first-order valence-electron chi connectivity index (χ1n) is 7.59. The molecular formula is C17H22N2O. The van der Waals surface area contributed by atoms with Crippen LogP contribution in [0.2, 0.25) is 0 Å². The van der Waals surface area contributed by atoms with Crippen molar-refractivity contribution < 1.29 is 4.79 Å². The lowest BCUT2D eigenvalue weighted by molar-refractivity contribution is 0.0795.